The molecule has 1 saturated heterocycles. The molecule has 20 heavy (non-hydrogen) atoms. The van der Waals surface area contributed by atoms with Gasteiger partial charge in [-0.05, 0) is 13.0 Å². The van der Waals surface area contributed by atoms with Gasteiger partial charge in [0.25, 0.3) is 0 Å². The molecule has 0 radical (unpaired) electrons. The van der Waals surface area contributed by atoms with Crippen LogP contribution in [-0.2, 0) is 0 Å². The molecule has 1 aromatic rings. The number of nitro groups is 1. The Kier molecular flexibility index (Phi) is 4.34. The standard InChI is InChI=1S/C14H19N3O3/c1-10-9-16(3)11(2)8-12(10)15-20-14-7-5-4-6-13(14)17(18)19/h4-7,10-11H,8-9H2,1-3H3/p+1/b15-12-/t10-,11-/m1/s1. The van der Waals surface area contributed by atoms with Crippen molar-refractivity contribution in [2.45, 2.75) is 26.3 Å². The van der Waals surface area contributed by atoms with E-state index in [1.54, 1.807) is 18.2 Å². The third kappa shape index (κ3) is 3.14. The van der Waals surface area contributed by atoms with Crippen LogP contribution in [0.4, 0.5) is 5.69 Å². The zero-order valence-electron chi connectivity index (χ0n) is 12.0. The number of para-hydroxylation sites is 2. The quantitative estimate of drug-likeness (QED) is 0.668. The summed E-state index contributed by atoms with van der Waals surface area (Å²) in [5, 5.41) is 15.1. The Morgan fingerprint density at radius 2 is 2.10 bits per heavy atom. The molecule has 1 aromatic carbocycles. The van der Waals surface area contributed by atoms with Crippen LogP contribution in [0.2, 0.25) is 0 Å². The Balaban J connectivity index is 2.15. The number of nitrogens with zero attached hydrogens (tertiary/aromatic N) is 2. The Bertz CT molecular complexity index is 530. The monoisotopic (exact) mass is 278 g/mol. The Hall–Kier alpha value is -1.95. The number of oxime groups is 1. The largest absolute Gasteiger partial charge is 0.350 e. The second kappa shape index (κ2) is 6.00. The summed E-state index contributed by atoms with van der Waals surface area (Å²) in [6, 6.07) is 6.78. The molecular formula is C14H20N3O3+. The number of nitro benzene ring substituents is 1. The van der Waals surface area contributed by atoms with E-state index >= 15 is 0 Å². The van der Waals surface area contributed by atoms with Crippen molar-refractivity contribution in [3.63, 3.8) is 0 Å². The van der Waals surface area contributed by atoms with Crippen molar-refractivity contribution < 1.29 is 14.7 Å². The molecule has 108 valence electrons. The van der Waals surface area contributed by atoms with Crippen molar-refractivity contribution in [2.24, 2.45) is 11.1 Å². The minimum atomic E-state index is -0.458. The molecule has 6 nitrogen and oxygen atoms in total. The molecule has 1 aliphatic heterocycles. The highest BCUT2D eigenvalue weighted by atomic mass is 16.6. The smallest absolute Gasteiger partial charge is 0.314 e. The van der Waals surface area contributed by atoms with Gasteiger partial charge in [-0.15, -0.1) is 0 Å². The summed E-state index contributed by atoms with van der Waals surface area (Å²) in [6.07, 6.45) is 0.855. The molecule has 1 aliphatic rings. The molecular weight excluding hydrogens is 258 g/mol. The maximum atomic E-state index is 10.9. The summed E-state index contributed by atoms with van der Waals surface area (Å²) < 4.78 is 0. The molecule has 1 unspecified atom stereocenters. The fourth-order valence-electron chi connectivity index (χ4n) is 2.41. The van der Waals surface area contributed by atoms with E-state index in [1.807, 2.05) is 0 Å². The Morgan fingerprint density at radius 3 is 2.80 bits per heavy atom. The Labute approximate surface area is 118 Å². The predicted octanol–water partition coefficient (Wildman–Crippen LogP) is 1.27. The van der Waals surface area contributed by atoms with Crippen molar-refractivity contribution in [2.75, 3.05) is 13.6 Å². The van der Waals surface area contributed by atoms with Gasteiger partial charge in [0, 0.05) is 18.4 Å². The lowest BCUT2D eigenvalue weighted by atomic mass is 9.93. The van der Waals surface area contributed by atoms with Gasteiger partial charge in [-0.25, -0.2) is 0 Å². The first-order chi connectivity index (χ1) is 9.49. The molecule has 0 aromatic heterocycles. The summed E-state index contributed by atoms with van der Waals surface area (Å²) in [4.78, 5) is 17.3. The van der Waals surface area contributed by atoms with E-state index in [-0.39, 0.29) is 11.4 Å². The highest BCUT2D eigenvalue weighted by Gasteiger charge is 2.29. The number of quaternary nitrogens is 1. The molecule has 1 heterocycles. The SMILES string of the molecule is C[C@@H]1C[NH+](C)[C@H](C)C/C1=N/Oc1ccccc1[N+](=O)[O-]. The maximum absolute atomic E-state index is 10.9. The number of piperidine rings is 1. The number of nitrogens with one attached hydrogen (secondary N) is 1. The van der Waals surface area contributed by atoms with Crippen molar-refractivity contribution in [1.82, 2.24) is 0 Å². The van der Waals surface area contributed by atoms with Crippen molar-refractivity contribution >= 4 is 11.4 Å². The zero-order chi connectivity index (χ0) is 14.7. The average Bonchev–Trinajstić information content (AvgIpc) is 2.41. The topological polar surface area (TPSA) is 69.2 Å². The summed E-state index contributed by atoms with van der Waals surface area (Å²) >= 11 is 0. The maximum Gasteiger partial charge on any atom is 0.314 e. The molecule has 3 atom stereocenters. The predicted molar refractivity (Wildman–Crippen MR) is 76.2 cm³/mol. The first kappa shape index (κ1) is 14.5. The molecule has 0 bridgehead atoms. The molecule has 1 N–H and O–H groups in total. The summed E-state index contributed by atoms with van der Waals surface area (Å²) in [5.41, 5.74) is 0.914. The second-order valence-electron chi connectivity index (χ2n) is 5.46. The van der Waals surface area contributed by atoms with Crippen molar-refractivity contribution in [1.29, 1.82) is 0 Å². The first-order valence-corrected chi connectivity index (χ1v) is 6.78. The van der Waals surface area contributed by atoms with E-state index < -0.39 is 4.92 Å². The van der Waals surface area contributed by atoms with Crippen LogP contribution in [0.1, 0.15) is 20.3 Å². The van der Waals surface area contributed by atoms with Gasteiger partial charge in [0.05, 0.1) is 30.3 Å². The van der Waals surface area contributed by atoms with Gasteiger partial charge in [0.1, 0.15) is 0 Å². The Morgan fingerprint density at radius 1 is 1.40 bits per heavy atom. The van der Waals surface area contributed by atoms with Gasteiger partial charge < -0.3 is 9.74 Å². The van der Waals surface area contributed by atoms with Crippen LogP contribution in [0, 0.1) is 16.0 Å². The number of rotatable bonds is 3. The van der Waals surface area contributed by atoms with Crippen molar-refractivity contribution in [3.8, 4) is 5.75 Å². The van der Waals surface area contributed by atoms with E-state index in [4.69, 9.17) is 4.84 Å². The lowest BCUT2D eigenvalue weighted by molar-refractivity contribution is -0.908. The third-order valence-electron chi connectivity index (χ3n) is 3.88. The minimum Gasteiger partial charge on any atom is -0.350 e. The number of hydrogen-bond acceptors (Lipinski definition) is 4. The fourth-order valence-corrected chi connectivity index (χ4v) is 2.41. The normalized spacial score (nSPS) is 28.4. The molecule has 0 spiro atoms. The highest BCUT2D eigenvalue weighted by Crippen LogP contribution is 2.26. The molecule has 0 amide bonds. The molecule has 0 saturated carbocycles. The van der Waals surface area contributed by atoms with Crippen LogP contribution in [0.5, 0.6) is 5.75 Å². The summed E-state index contributed by atoms with van der Waals surface area (Å²) in [5.74, 6) is 0.519. The number of likely N-dealkylation sites (tertiary alicyclic amines) is 1. The first-order valence-electron chi connectivity index (χ1n) is 6.78. The van der Waals surface area contributed by atoms with Crippen LogP contribution in [0.25, 0.3) is 0 Å². The zero-order valence-corrected chi connectivity index (χ0v) is 12.0. The van der Waals surface area contributed by atoms with Crippen LogP contribution >= 0.6 is 0 Å². The van der Waals surface area contributed by atoms with E-state index in [0.29, 0.717) is 12.0 Å². The number of hydrogen-bond donors (Lipinski definition) is 1. The molecule has 1 fully saturated rings. The molecule has 6 heteroatoms. The van der Waals surface area contributed by atoms with Crippen LogP contribution in [-0.4, -0.2) is 30.3 Å². The third-order valence-corrected chi connectivity index (χ3v) is 3.88. The van der Waals surface area contributed by atoms with Gasteiger partial charge in [0.2, 0.25) is 5.75 Å². The van der Waals surface area contributed by atoms with E-state index in [1.165, 1.54) is 11.0 Å². The van der Waals surface area contributed by atoms with Gasteiger partial charge in [0.15, 0.2) is 0 Å². The fraction of sp³-hybridized carbons (Fsp3) is 0.500. The minimum absolute atomic E-state index is 0.0592. The van der Waals surface area contributed by atoms with Gasteiger partial charge in [-0.2, -0.15) is 0 Å². The average molecular weight is 278 g/mol. The molecule has 0 aliphatic carbocycles. The van der Waals surface area contributed by atoms with E-state index in [9.17, 15) is 10.1 Å². The van der Waals surface area contributed by atoms with Crippen LogP contribution in [0.3, 0.4) is 0 Å². The van der Waals surface area contributed by atoms with Gasteiger partial charge >= 0.3 is 5.69 Å². The highest BCUT2D eigenvalue weighted by molar-refractivity contribution is 5.87. The van der Waals surface area contributed by atoms with E-state index in [2.05, 4.69) is 26.1 Å². The lowest BCUT2D eigenvalue weighted by Gasteiger charge is -2.31. The van der Waals surface area contributed by atoms with Gasteiger partial charge in [-0.1, -0.05) is 24.2 Å². The summed E-state index contributed by atoms with van der Waals surface area (Å²) in [6.45, 7) is 5.28. The second-order valence-corrected chi connectivity index (χ2v) is 5.46. The van der Waals surface area contributed by atoms with Gasteiger partial charge in [-0.3, -0.25) is 10.1 Å². The van der Waals surface area contributed by atoms with Crippen LogP contribution in [0.15, 0.2) is 29.4 Å². The van der Waals surface area contributed by atoms with Crippen LogP contribution < -0.4 is 9.74 Å². The molecule has 2 rings (SSSR count). The lowest BCUT2D eigenvalue weighted by Crippen LogP contribution is -3.14. The summed E-state index contributed by atoms with van der Waals surface area (Å²) in [7, 11) is 2.17. The number of benzene rings is 1. The van der Waals surface area contributed by atoms with E-state index in [0.717, 1.165) is 18.7 Å². The van der Waals surface area contributed by atoms with Crippen molar-refractivity contribution in [3.05, 3.63) is 34.4 Å².